The van der Waals surface area contributed by atoms with E-state index in [9.17, 15) is 4.79 Å². The molecule has 1 aromatic rings. The van der Waals surface area contributed by atoms with E-state index in [0.717, 1.165) is 25.2 Å². The summed E-state index contributed by atoms with van der Waals surface area (Å²) in [6.45, 7) is 5.82. The van der Waals surface area contributed by atoms with E-state index in [2.05, 4.69) is 22.2 Å². The highest BCUT2D eigenvalue weighted by molar-refractivity contribution is 5.92. The molecule has 2 fully saturated rings. The van der Waals surface area contributed by atoms with Crippen LogP contribution >= 0.6 is 0 Å². The van der Waals surface area contributed by atoms with Crippen molar-refractivity contribution >= 4 is 11.9 Å². The highest BCUT2D eigenvalue weighted by Gasteiger charge is 2.24. The van der Waals surface area contributed by atoms with E-state index >= 15 is 0 Å². The number of amides is 1. The molecule has 0 spiro atoms. The van der Waals surface area contributed by atoms with E-state index in [1.54, 1.807) is 6.07 Å². The van der Waals surface area contributed by atoms with Crippen LogP contribution in [0.1, 0.15) is 61.6 Å². The second kappa shape index (κ2) is 6.63. The Hall–Kier alpha value is -1.65. The van der Waals surface area contributed by atoms with Crippen molar-refractivity contribution in [3.8, 4) is 0 Å². The molecule has 0 radical (unpaired) electrons. The standard InChI is InChI=1S/C17H26N4O/c1-12-6-5-9-21(11-12)16(22)15-10-13(2)18-17(20-15)19-14-7-3-4-8-14/h10,12,14H,3-9,11H2,1-2H3,(H,18,19,20). The van der Waals surface area contributed by atoms with Crippen molar-refractivity contribution in [1.29, 1.82) is 0 Å². The summed E-state index contributed by atoms with van der Waals surface area (Å²) in [5.41, 5.74) is 1.38. The number of hydrogen-bond acceptors (Lipinski definition) is 4. The van der Waals surface area contributed by atoms with Crippen LogP contribution < -0.4 is 5.32 Å². The van der Waals surface area contributed by atoms with Crippen LogP contribution in [-0.4, -0.2) is 39.9 Å². The zero-order valence-corrected chi connectivity index (χ0v) is 13.6. The molecule has 2 aliphatic rings. The number of anilines is 1. The second-order valence-corrected chi connectivity index (χ2v) is 6.84. The first-order valence-electron chi connectivity index (χ1n) is 8.53. The summed E-state index contributed by atoms with van der Waals surface area (Å²) in [5.74, 6) is 1.24. The number of likely N-dealkylation sites (tertiary alicyclic amines) is 1. The molecular formula is C17H26N4O. The van der Waals surface area contributed by atoms with Crippen LogP contribution in [0.5, 0.6) is 0 Å². The molecule has 120 valence electrons. The molecule has 1 saturated carbocycles. The zero-order chi connectivity index (χ0) is 15.5. The highest BCUT2D eigenvalue weighted by Crippen LogP contribution is 2.22. The van der Waals surface area contributed by atoms with E-state index in [1.165, 1.54) is 32.1 Å². The van der Waals surface area contributed by atoms with E-state index in [1.807, 2.05) is 11.8 Å². The van der Waals surface area contributed by atoms with Crippen LogP contribution in [0.25, 0.3) is 0 Å². The number of carbonyl (C=O) groups excluding carboxylic acids is 1. The number of carbonyl (C=O) groups is 1. The predicted octanol–water partition coefficient (Wildman–Crippen LogP) is 3.01. The SMILES string of the molecule is Cc1cc(C(=O)N2CCCC(C)C2)nc(NC2CCCC2)n1. The maximum Gasteiger partial charge on any atom is 0.272 e. The molecular weight excluding hydrogens is 276 g/mol. The minimum Gasteiger partial charge on any atom is -0.351 e. The third-order valence-corrected chi connectivity index (χ3v) is 4.71. The van der Waals surface area contributed by atoms with Gasteiger partial charge in [0.15, 0.2) is 0 Å². The lowest BCUT2D eigenvalue weighted by molar-refractivity contribution is 0.0677. The fraction of sp³-hybridized carbons (Fsp3) is 0.706. The van der Waals surface area contributed by atoms with Gasteiger partial charge in [0.25, 0.3) is 5.91 Å². The van der Waals surface area contributed by atoms with Crippen molar-refractivity contribution in [1.82, 2.24) is 14.9 Å². The summed E-state index contributed by atoms with van der Waals surface area (Å²) >= 11 is 0. The minimum absolute atomic E-state index is 0.0477. The van der Waals surface area contributed by atoms with E-state index in [-0.39, 0.29) is 5.91 Å². The van der Waals surface area contributed by atoms with Gasteiger partial charge in [-0.2, -0.15) is 0 Å². The number of aromatic nitrogens is 2. The molecule has 2 heterocycles. The first-order valence-corrected chi connectivity index (χ1v) is 8.53. The fourth-order valence-electron chi connectivity index (χ4n) is 3.53. The molecule has 5 nitrogen and oxygen atoms in total. The average Bonchev–Trinajstić information content (AvgIpc) is 2.98. The van der Waals surface area contributed by atoms with E-state index < -0.39 is 0 Å². The van der Waals surface area contributed by atoms with Crippen molar-refractivity contribution in [2.75, 3.05) is 18.4 Å². The molecule has 0 aromatic carbocycles. The van der Waals surface area contributed by atoms with Gasteiger partial charge in [-0.05, 0) is 44.6 Å². The smallest absolute Gasteiger partial charge is 0.272 e. The van der Waals surface area contributed by atoms with Crippen LogP contribution in [0.2, 0.25) is 0 Å². The van der Waals surface area contributed by atoms with Gasteiger partial charge in [-0.15, -0.1) is 0 Å². The predicted molar refractivity (Wildman–Crippen MR) is 86.9 cm³/mol. The van der Waals surface area contributed by atoms with E-state index in [4.69, 9.17) is 0 Å². The van der Waals surface area contributed by atoms with Gasteiger partial charge in [-0.25, -0.2) is 9.97 Å². The van der Waals surface area contributed by atoms with Crippen LogP contribution in [-0.2, 0) is 0 Å². The molecule has 1 aliphatic heterocycles. The first kappa shape index (κ1) is 15.3. The number of nitrogens with zero attached hydrogens (tertiary/aromatic N) is 3. The van der Waals surface area contributed by atoms with Crippen molar-refractivity contribution in [2.45, 2.75) is 58.4 Å². The topological polar surface area (TPSA) is 58.1 Å². The van der Waals surface area contributed by atoms with Crippen LogP contribution in [0.3, 0.4) is 0 Å². The Morgan fingerprint density at radius 2 is 2.00 bits per heavy atom. The summed E-state index contributed by atoms with van der Waals surface area (Å²) in [4.78, 5) is 23.6. The lowest BCUT2D eigenvalue weighted by Crippen LogP contribution is -2.39. The summed E-state index contributed by atoms with van der Waals surface area (Å²) in [6.07, 6.45) is 7.17. The average molecular weight is 302 g/mol. The molecule has 5 heteroatoms. The van der Waals surface area contributed by atoms with Gasteiger partial charge in [-0.1, -0.05) is 19.8 Å². The third-order valence-electron chi connectivity index (χ3n) is 4.71. The molecule has 1 atom stereocenters. The Morgan fingerprint density at radius 3 is 2.73 bits per heavy atom. The van der Waals surface area contributed by atoms with Gasteiger partial charge >= 0.3 is 0 Å². The van der Waals surface area contributed by atoms with Crippen LogP contribution in [0, 0.1) is 12.8 Å². The zero-order valence-electron chi connectivity index (χ0n) is 13.6. The Balaban J connectivity index is 1.74. The maximum atomic E-state index is 12.7. The van der Waals surface area contributed by atoms with Gasteiger partial charge in [-0.3, -0.25) is 4.79 Å². The van der Waals surface area contributed by atoms with Crippen molar-refractivity contribution in [2.24, 2.45) is 5.92 Å². The van der Waals surface area contributed by atoms with Crippen molar-refractivity contribution in [3.63, 3.8) is 0 Å². The molecule has 1 aromatic heterocycles. The number of piperidine rings is 1. The lowest BCUT2D eigenvalue weighted by Gasteiger charge is -2.30. The summed E-state index contributed by atoms with van der Waals surface area (Å²) in [5, 5.41) is 3.40. The van der Waals surface area contributed by atoms with Gasteiger partial charge < -0.3 is 10.2 Å². The van der Waals surface area contributed by atoms with Crippen LogP contribution in [0.4, 0.5) is 5.95 Å². The van der Waals surface area contributed by atoms with Crippen LogP contribution in [0.15, 0.2) is 6.07 Å². The molecule has 1 N–H and O–H groups in total. The molecule has 1 saturated heterocycles. The number of hydrogen-bond donors (Lipinski definition) is 1. The lowest BCUT2D eigenvalue weighted by atomic mass is 10.00. The highest BCUT2D eigenvalue weighted by atomic mass is 16.2. The molecule has 0 bridgehead atoms. The Kier molecular flexibility index (Phi) is 4.60. The Bertz CT molecular complexity index is 539. The minimum atomic E-state index is 0.0477. The Labute approximate surface area is 132 Å². The van der Waals surface area contributed by atoms with Gasteiger partial charge in [0.05, 0.1) is 0 Å². The summed E-state index contributed by atoms with van der Waals surface area (Å²) in [6, 6.07) is 2.27. The molecule has 3 rings (SSSR count). The molecule has 1 unspecified atom stereocenters. The van der Waals surface area contributed by atoms with Gasteiger partial charge in [0.1, 0.15) is 5.69 Å². The maximum absolute atomic E-state index is 12.7. The molecule has 1 aliphatic carbocycles. The van der Waals surface area contributed by atoms with E-state index in [0.29, 0.717) is 23.6 Å². The summed E-state index contributed by atoms with van der Waals surface area (Å²) in [7, 11) is 0. The fourth-order valence-corrected chi connectivity index (χ4v) is 3.53. The normalized spacial score (nSPS) is 22.8. The quantitative estimate of drug-likeness (QED) is 0.932. The third kappa shape index (κ3) is 3.57. The number of rotatable bonds is 3. The second-order valence-electron chi connectivity index (χ2n) is 6.84. The largest absolute Gasteiger partial charge is 0.351 e. The first-order chi connectivity index (χ1) is 10.6. The molecule has 1 amide bonds. The number of nitrogens with one attached hydrogen (secondary N) is 1. The van der Waals surface area contributed by atoms with Gasteiger partial charge in [0.2, 0.25) is 5.95 Å². The monoisotopic (exact) mass is 302 g/mol. The van der Waals surface area contributed by atoms with Crippen molar-refractivity contribution < 1.29 is 4.79 Å². The number of aryl methyl sites for hydroxylation is 1. The van der Waals surface area contributed by atoms with Gasteiger partial charge in [0, 0.05) is 24.8 Å². The summed E-state index contributed by atoms with van der Waals surface area (Å²) < 4.78 is 0. The molecule has 22 heavy (non-hydrogen) atoms. The Morgan fingerprint density at radius 1 is 1.23 bits per heavy atom. The van der Waals surface area contributed by atoms with Crippen molar-refractivity contribution in [3.05, 3.63) is 17.5 Å².